The molecule has 21 heavy (non-hydrogen) atoms. The average Bonchev–Trinajstić information content (AvgIpc) is 2.94. The van der Waals surface area contributed by atoms with Crippen LogP contribution in [-0.4, -0.2) is 22.5 Å². The third kappa shape index (κ3) is 2.43. The highest BCUT2D eigenvalue weighted by molar-refractivity contribution is 5.96. The zero-order chi connectivity index (χ0) is 16.1. The van der Waals surface area contributed by atoms with E-state index in [0.717, 1.165) is 17.5 Å². The van der Waals surface area contributed by atoms with E-state index in [0.29, 0.717) is 0 Å². The number of rotatable bonds is 4. The number of nitrogens with one attached hydrogen (secondary N) is 1. The fourth-order valence-corrected chi connectivity index (χ4v) is 2.91. The van der Waals surface area contributed by atoms with E-state index in [4.69, 9.17) is 0 Å². The molecule has 4 nitrogen and oxygen atoms in total. The van der Waals surface area contributed by atoms with Crippen LogP contribution >= 0.6 is 0 Å². The Labute approximate surface area is 125 Å². The van der Waals surface area contributed by atoms with Gasteiger partial charge in [-0.3, -0.25) is 4.79 Å². The van der Waals surface area contributed by atoms with Crippen LogP contribution in [0.2, 0.25) is 0 Å². The highest BCUT2D eigenvalue weighted by Gasteiger charge is 2.67. The molecule has 1 aliphatic carbocycles. The fourth-order valence-electron chi connectivity index (χ4n) is 2.91. The molecule has 2 N–H and O–H groups in total. The van der Waals surface area contributed by atoms with Crippen molar-refractivity contribution in [3.8, 4) is 0 Å². The standard InChI is InChI=1S/C17H23NO3/c1-11-6-8-12(9-7-11)17(10-15(17,2)3)13(19)18-16(4,5)14(20)21/h6-9H,10H2,1-5H3,(H,18,19)(H,20,21). The summed E-state index contributed by atoms with van der Waals surface area (Å²) in [5.41, 5.74) is 0.0253. The van der Waals surface area contributed by atoms with Gasteiger partial charge in [-0.05, 0) is 38.2 Å². The summed E-state index contributed by atoms with van der Waals surface area (Å²) in [5.74, 6) is -1.24. The van der Waals surface area contributed by atoms with Crippen molar-refractivity contribution in [2.75, 3.05) is 0 Å². The van der Waals surface area contributed by atoms with Crippen LogP contribution in [0.1, 0.15) is 45.2 Å². The molecule has 0 heterocycles. The van der Waals surface area contributed by atoms with E-state index in [1.54, 1.807) is 0 Å². The maximum Gasteiger partial charge on any atom is 0.328 e. The Balaban J connectivity index is 2.35. The van der Waals surface area contributed by atoms with Crippen molar-refractivity contribution in [3.63, 3.8) is 0 Å². The van der Waals surface area contributed by atoms with Gasteiger partial charge in [-0.2, -0.15) is 0 Å². The van der Waals surface area contributed by atoms with Crippen molar-refractivity contribution in [3.05, 3.63) is 35.4 Å². The summed E-state index contributed by atoms with van der Waals surface area (Å²) in [5, 5.41) is 11.9. The van der Waals surface area contributed by atoms with Crippen LogP contribution in [-0.2, 0) is 15.0 Å². The van der Waals surface area contributed by atoms with Gasteiger partial charge < -0.3 is 10.4 Å². The van der Waals surface area contributed by atoms with Crippen LogP contribution in [0.5, 0.6) is 0 Å². The number of carboxylic acid groups (broad SMARTS) is 1. The van der Waals surface area contributed by atoms with Crippen LogP contribution < -0.4 is 5.32 Å². The molecule has 0 aliphatic heterocycles. The van der Waals surface area contributed by atoms with Crippen molar-refractivity contribution in [1.29, 1.82) is 0 Å². The van der Waals surface area contributed by atoms with Crippen LogP contribution in [0.15, 0.2) is 24.3 Å². The lowest BCUT2D eigenvalue weighted by Crippen LogP contribution is -2.53. The Hall–Kier alpha value is -1.84. The largest absolute Gasteiger partial charge is 0.480 e. The van der Waals surface area contributed by atoms with E-state index in [1.165, 1.54) is 13.8 Å². The lowest BCUT2D eigenvalue weighted by Gasteiger charge is -2.27. The van der Waals surface area contributed by atoms with Crippen LogP contribution in [0.25, 0.3) is 0 Å². The number of benzene rings is 1. The number of carbonyl (C=O) groups is 2. The Morgan fingerprint density at radius 1 is 1.19 bits per heavy atom. The summed E-state index contributed by atoms with van der Waals surface area (Å²) in [6.45, 7) is 9.10. The molecule has 0 radical (unpaired) electrons. The second kappa shape index (κ2) is 4.58. The van der Waals surface area contributed by atoms with Gasteiger partial charge in [-0.1, -0.05) is 43.7 Å². The molecule has 1 aliphatic rings. The first kappa shape index (κ1) is 15.5. The lowest BCUT2D eigenvalue weighted by atomic mass is 9.85. The molecule has 1 atom stereocenters. The van der Waals surface area contributed by atoms with Crippen LogP contribution in [0, 0.1) is 12.3 Å². The summed E-state index contributed by atoms with van der Waals surface area (Å²) in [6, 6.07) is 7.91. The number of amides is 1. The third-order valence-electron chi connectivity index (χ3n) is 4.63. The molecular weight excluding hydrogens is 266 g/mol. The molecule has 1 amide bonds. The topological polar surface area (TPSA) is 66.4 Å². The molecule has 0 spiro atoms. The normalized spacial score (nSPS) is 23.5. The van der Waals surface area contributed by atoms with Crippen molar-refractivity contribution < 1.29 is 14.7 Å². The molecule has 1 unspecified atom stereocenters. The monoisotopic (exact) mass is 289 g/mol. The number of aryl methyl sites for hydroxylation is 1. The quantitative estimate of drug-likeness (QED) is 0.895. The molecule has 0 aromatic heterocycles. The number of aliphatic carboxylic acids is 1. The Kier molecular flexibility index (Phi) is 3.39. The van der Waals surface area contributed by atoms with Crippen LogP contribution in [0.3, 0.4) is 0 Å². The highest BCUT2D eigenvalue weighted by atomic mass is 16.4. The van der Waals surface area contributed by atoms with E-state index in [-0.39, 0.29) is 11.3 Å². The van der Waals surface area contributed by atoms with Crippen molar-refractivity contribution >= 4 is 11.9 Å². The summed E-state index contributed by atoms with van der Waals surface area (Å²) < 4.78 is 0. The first-order valence-electron chi connectivity index (χ1n) is 7.16. The lowest BCUT2D eigenvalue weighted by molar-refractivity contribution is -0.146. The molecule has 0 saturated heterocycles. The van der Waals surface area contributed by atoms with Crippen molar-refractivity contribution in [2.24, 2.45) is 5.41 Å². The maximum atomic E-state index is 12.8. The SMILES string of the molecule is Cc1ccc(C2(C(=O)NC(C)(C)C(=O)O)CC2(C)C)cc1. The van der Waals surface area contributed by atoms with Gasteiger partial charge in [-0.25, -0.2) is 4.79 Å². The number of carbonyl (C=O) groups excluding carboxylic acids is 1. The highest BCUT2D eigenvalue weighted by Crippen LogP contribution is 2.64. The molecule has 4 heteroatoms. The van der Waals surface area contributed by atoms with Gasteiger partial charge in [0.05, 0.1) is 5.41 Å². The van der Waals surface area contributed by atoms with E-state index in [9.17, 15) is 14.7 Å². The molecule has 1 fully saturated rings. The smallest absolute Gasteiger partial charge is 0.328 e. The molecule has 0 bridgehead atoms. The van der Waals surface area contributed by atoms with E-state index in [1.807, 2.05) is 45.0 Å². The minimum absolute atomic E-state index is 0.166. The summed E-state index contributed by atoms with van der Waals surface area (Å²) in [7, 11) is 0. The first-order chi connectivity index (χ1) is 9.53. The van der Waals surface area contributed by atoms with Gasteiger partial charge in [-0.15, -0.1) is 0 Å². The van der Waals surface area contributed by atoms with Gasteiger partial charge in [0.25, 0.3) is 0 Å². The van der Waals surface area contributed by atoms with Crippen LogP contribution in [0.4, 0.5) is 0 Å². The molecule has 1 aromatic carbocycles. The zero-order valence-electron chi connectivity index (χ0n) is 13.3. The molecule has 114 valence electrons. The predicted octanol–water partition coefficient (Wildman–Crippen LogP) is 2.64. The van der Waals surface area contributed by atoms with Gasteiger partial charge in [0.2, 0.25) is 5.91 Å². The number of carboxylic acids is 1. The zero-order valence-corrected chi connectivity index (χ0v) is 13.3. The maximum absolute atomic E-state index is 12.8. The fraction of sp³-hybridized carbons (Fsp3) is 0.529. The van der Waals surface area contributed by atoms with E-state index >= 15 is 0 Å². The third-order valence-corrected chi connectivity index (χ3v) is 4.63. The summed E-state index contributed by atoms with van der Waals surface area (Å²) in [4.78, 5) is 24.0. The van der Waals surface area contributed by atoms with E-state index < -0.39 is 16.9 Å². The first-order valence-corrected chi connectivity index (χ1v) is 7.16. The van der Waals surface area contributed by atoms with E-state index in [2.05, 4.69) is 5.32 Å². The van der Waals surface area contributed by atoms with Crippen molar-refractivity contribution in [1.82, 2.24) is 5.32 Å². The van der Waals surface area contributed by atoms with Gasteiger partial charge in [0, 0.05) is 0 Å². The Morgan fingerprint density at radius 2 is 1.67 bits per heavy atom. The minimum Gasteiger partial charge on any atom is -0.480 e. The van der Waals surface area contributed by atoms with Gasteiger partial charge in [0.1, 0.15) is 5.54 Å². The Morgan fingerprint density at radius 3 is 2.05 bits per heavy atom. The van der Waals surface area contributed by atoms with Crippen molar-refractivity contribution in [2.45, 2.75) is 52.0 Å². The second-order valence-electron chi connectivity index (χ2n) is 7.22. The minimum atomic E-state index is -1.27. The molecule has 1 aromatic rings. The Bertz CT molecular complexity index is 587. The average molecular weight is 289 g/mol. The van der Waals surface area contributed by atoms with Gasteiger partial charge >= 0.3 is 5.97 Å². The molecule has 2 rings (SSSR count). The summed E-state index contributed by atoms with van der Waals surface area (Å²) >= 11 is 0. The second-order valence-corrected chi connectivity index (χ2v) is 7.22. The predicted molar refractivity (Wildman–Crippen MR) is 81.1 cm³/mol. The molecule has 1 saturated carbocycles. The molecular formula is C17H23NO3. The number of hydrogen-bond acceptors (Lipinski definition) is 2. The number of hydrogen-bond donors (Lipinski definition) is 2. The summed E-state index contributed by atoms with van der Waals surface area (Å²) in [6.07, 6.45) is 0.727. The van der Waals surface area contributed by atoms with Gasteiger partial charge in [0.15, 0.2) is 0 Å².